The van der Waals surface area contributed by atoms with Crippen LogP contribution in [0.5, 0.6) is 0 Å². The summed E-state index contributed by atoms with van der Waals surface area (Å²) >= 11 is 0. The summed E-state index contributed by atoms with van der Waals surface area (Å²) in [6, 6.07) is 16.3. The molecule has 0 aliphatic carbocycles. The van der Waals surface area contributed by atoms with Crippen molar-refractivity contribution in [3.05, 3.63) is 60.4 Å². The van der Waals surface area contributed by atoms with Crippen LogP contribution in [0.1, 0.15) is 5.56 Å². The standard InChI is InChI=1S/C17H15N5/c1-12-6-5-7-13(10-12)21(2)16-17-20-18-11-22(17)15-9-4-3-8-14(15)19-16/h3-11H,1-2H3. The molecule has 2 heterocycles. The minimum Gasteiger partial charge on any atom is -0.326 e. The highest BCUT2D eigenvalue weighted by atomic mass is 15.3. The molecule has 5 heteroatoms. The van der Waals surface area contributed by atoms with Crippen molar-refractivity contribution in [2.75, 3.05) is 11.9 Å². The van der Waals surface area contributed by atoms with Crippen molar-refractivity contribution in [2.24, 2.45) is 0 Å². The first-order valence-electron chi connectivity index (χ1n) is 7.13. The fourth-order valence-corrected chi connectivity index (χ4v) is 2.67. The molecule has 0 N–H and O–H groups in total. The third-order valence-electron chi connectivity index (χ3n) is 3.82. The van der Waals surface area contributed by atoms with E-state index in [0.717, 1.165) is 28.2 Å². The van der Waals surface area contributed by atoms with Crippen LogP contribution in [-0.4, -0.2) is 26.6 Å². The van der Waals surface area contributed by atoms with E-state index in [2.05, 4.69) is 35.3 Å². The maximum Gasteiger partial charge on any atom is 0.204 e. The number of nitrogens with zero attached hydrogens (tertiary/aromatic N) is 5. The SMILES string of the molecule is Cc1cccc(N(C)c2nc3ccccc3n3cnnc23)c1. The summed E-state index contributed by atoms with van der Waals surface area (Å²) < 4.78 is 1.98. The Kier molecular flexibility index (Phi) is 2.79. The number of hydrogen-bond acceptors (Lipinski definition) is 4. The molecule has 0 radical (unpaired) electrons. The van der Waals surface area contributed by atoms with Gasteiger partial charge in [-0.05, 0) is 36.8 Å². The van der Waals surface area contributed by atoms with Crippen LogP contribution in [-0.2, 0) is 0 Å². The Hall–Kier alpha value is -2.95. The van der Waals surface area contributed by atoms with Gasteiger partial charge in [0.05, 0.1) is 11.0 Å². The van der Waals surface area contributed by atoms with E-state index in [-0.39, 0.29) is 0 Å². The summed E-state index contributed by atoms with van der Waals surface area (Å²) in [5, 5.41) is 8.30. The van der Waals surface area contributed by atoms with Crippen LogP contribution in [0, 0.1) is 6.92 Å². The Balaban J connectivity index is 1.98. The zero-order chi connectivity index (χ0) is 15.1. The van der Waals surface area contributed by atoms with Gasteiger partial charge in [-0.1, -0.05) is 24.3 Å². The molecule has 5 nitrogen and oxygen atoms in total. The van der Waals surface area contributed by atoms with Crippen molar-refractivity contribution < 1.29 is 0 Å². The van der Waals surface area contributed by atoms with Gasteiger partial charge in [0.2, 0.25) is 5.65 Å². The summed E-state index contributed by atoms with van der Waals surface area (Å²) in [6.45, 7) is 2.08. The molecule has 0 spiro atoms. The van der Waals surface area contributed by atoms with E-state index >= 15 is 0 Å². The maximum absolute atomic E-state index is 4.78. The average Bonchev–Trinajstić information content (AvgIpc) is 3.03. The number of benzene rings is 2. The number of fused-ring (bicyclic) bond motifs is 3. The molecule has 0 saturated carbocycles. The summed E-state index contributed by atoms with van der Waals surface area (Å²) in [5.41, 5.74) is 4.96. The van der Waals surface area contributed by atoms with Crippen LogP contribution in [0.4, 0.5) is 11.5 Å². The van der Waals surface area contributed by atoms with Gasteiger partial charge in [-0.15, -0.1) is 10.2 Å². The second-order valence-electron chi connectivity index (χ2n) is 5.35. The first kappa shape index (κ1) is 12.8. The van der Waals surface area contributed by atoms with Crippen molar-refractivity contribution in [2.45, 2.75) is 6.92 Å². The molecular weight excluding hydrogens is 274 g/mol. The molecule has 0 fully saturated rings. The quantitative estimate of drug-likeness (QED) is 0.567. The van der Waals surface area contributed by atoms with E-state index in [1.165, 1.54) is 5.56 Å². The molecule has 22 heavy (non-hydrogen) atoms. The van der Waals surface area contributed by atoms with Crippen LogP contribution >= 0.6 is 0 Å². The van der Waals surface area contributed by atoms with Crippen LogP contribution in [0.15, 0.2) is 54.9 Å². The number of aryl methyl sites for hydroxylation is 1. The Morgan fingerprint density at radius 3 is 2.77 bits per heavy atom. The molecule has 0 atom stereocenters. The molecule has 4 aromatic rings. The Morgan fingerprint density at radius 1 is 1.05 bits per heavy atom. The topological polar surface area (TPSA) is 46.3 Å². The largest absolute Gasteiger partial charge is 0.326 e. The molecule has 4 rings (SSSR count). The number of aromatic nitrogens is 4. The number of anilines is 2. The van der Waals surface area contributed by atoms with Crippen LogP contribution in [0.25, 0.3) is 16.7 Å². The van der Waals surface area contributed by atoms with E-state index in [1.807, 2.05) is 46.7 Å². The van der Waals surface area contributed by atoms with Crippen molar-refractivity contribution >= 4 is 28.2 Å². The van der Waals surface area contributed by atoms with Crippen molar-refractivity contribution in [1.82, 2.24) is 19.6 Å². The van der Waals surface area contributed by atoms with Gasteiger partial charge in [0, 0.05) is 12.7 Å². The monoisotopic (exact) mass is 289 g/mol. The molecule has 0 saturated heterocycles. The third-order valence-corrected chi connectivity index (χ3v) is 3.82. The zero-order valence-corrected chi connectivity index (χ0v) is 12.4. The lowest BCUT2D eigenvalue weighted by Crippen LogP contribution is -2.13. The smallest absolute Gasteiger partial charge is 0.204 e. The van der Waals surface area contributed by atoms with Gasteiger partial charge >= 0.3 is 0 Å². The van der Waals surface area contributed by atoms with Gasteiger partial charge in [0.15, 0.2) is 5.82 Å². The van der Waals surface area contributed by atoms with Gasteiger partial charge in [-0.25, -0.2) is 4.98 Å². The normalized spacial score (nSPS) is 11.2. The molecule has 2 aromatic carbocycles. The average molecular weight is 289 g/mol. The van der Waals surface area contributed by atoms with Crippen LogP contribution in [0.3, 0.4) is 0 Å². The maximum atomic E-state index is 4.78. The Bertz CT molecular complexity index is 973. The molecular formula is C17H15N5. The van der Waals surface area contributed by atoms with Crippen molar-refractivity contribution in [3.8, 4) is 0 Å². The zero-order valence-electron chi connectivity index (χ0n) is 12.4. The summed E-state index contributed by atoms with van der Waals surface area (Å²) in [5.74, 6) is 0.793. The lowest BCUT2D eigenvalue weighted by Gasteiger charge is -2.19. The van der Waals surface area contributed by atoms with E-state index in [9.17, 15) is 0 Å². The third kappa shape index (κ3) is 1.90. The molecule has 0 bridgehead atoms. The summed E-state index contributed by atoms with van der Waals surface area (Å²) in [6.07, 6.45) is 1.73. The fourth-order valence-electron chi connectivity index (χ4n) is 2.67. The number of para-hydroxylation sites is 2. The highest BCUT2D eigenvalue weighted by Crippen LogP contribution is 2.28. The van der Waals surface area contributed by atoms with Crippen molar-refractivity contribution in [3.63, 3.8) is 0 Å². The highest BCUT2D eigenvalue weighted by molar-refractivity contribution is 5.84. The predicted molar refractivity (Wildman–Crippen MR) is 87.5 cm³/mol. The summed E-state index contributed by atoms with van der Waals surface area (Å²) in [4.78, 5) is 6.83. The molecule has 2 aromatic heterocycles. The van der Waals surface area contributed by atoms with Gasteiger partial charge in [-0.2, -0.15) is 0 Å². The van der Waals surface area contributed by atoms with Crippen molar-refractivity contribution in [1.29, 1.82) is 0 Å². The highest BCUT2D eigenvalue weighted by Gasteiger charge is 2.15. The van der Waals surface area contributed by atoms with Crippen LogP contribution in [0.2, 0.25) is 0 Å². The second kappa shape index (κ2) is 4.80. The van der Waals surface area contributed by atoms with E-state index in [1.54, 1.807) is 6.33 Å². The minimum absolute atomic E-state index is 0.753. The first-order valence-corrected chi connectivity index (χ1v) is 7.13. The van der Waals surface area contributed by atoms with Crippen LogP contribution < -0.4 is 4.90 Å². The Morgan fingerprint density at radius 2 is 1.91 bits per heavy atom. The van der Waals surface area contributed by atoms with Gasteiger partial charge in [0.1, 0.15) is 6.33 Å². The fraction of sp³-hybridized carbons (Fsp3) is 0.118. The predicted octanol–water partition coefficient (Wildman–Crippen LogP) is 3.35. The molecule has 0 unspecified atom stereocenters. The van der Waals surface area contributed by atoms with E-state index < -0.39 is 0 Å². The van der Waals surface area contributed by atoms with Gasteiger partial charge in [0.25, 0.3) is 0 Å². The van der Waals surface area contributed by atoms with E-state index in [0.29, 0.717) is 0 Å². The lowest BCUT2D eigenvalue weighted by atomic mass is 10.2. The van der Waals surface area contributed by atoms with E-state index in [4.69, 9.17) is 4.98 Å². The Labute approximate surface area is 127 Å². The lowest BCUT2D eigenvalue weighted by molar-refractivity contribution is 1.09. The van der Waals surface area contributed by atoms with Gasteiger partial charge in [-0.3, -0.25) is 4.40 Å². The number of rotatable bonds is 2. The summed E-state index contributed by atoms with van der Waals surface area (Å²) in [7, 11) is 2.00. The minimum atomic E-state index is 0.753. The number of hydrogen-bond donors (Lipinski definition) is 0. The molecule has 108 valence electrons. The molecule has 0 amide bonds. The molecule has 0 aliphatic rings. The van der Waals surface area contributed by atoms with Gasteiger partial charge < -0.3 is 4.90 Å². The second-order valence-corrected chi connectivity index (χ2v) is 5.35. The first-order chi connectivity index (χ1) is 10.7. The molecule has 0 aliphatic heterocycles.